The quantitative estimate of drug-likeness (QED) is 0.225. The van der Waals surface area contributed by atoms with E-state index in [1.165, 1.54) is 9.87 Å². The Labute approximate surface area is 255 Å². The van der Waals surface area contributed by atoms with Gasteiger partial charge in [0.15, 0.2) is 9.84 Å². The molecule has 0 aromatic heterocycles. The van der Waals surface area contributed by atoms with E-state index in [9.17, 15) is 22.0 Å². The van der Waals surface area contributed by atoms with Gasteiger partial charge in [-0.25, -0.2) is 16.8 Å². The third kappa shape index (κ3) is 5.78. The molecule has 3 aromatic carbocycles. The summed E-state index contributed by atoms with van der Waals surface area (Å²) in [7, 11) is -7.34. The first-order valence-corrected chi connectivity index (χ1v) is 18.0. The monoisotopic (exact) mass is 621 g/mol. The van der Waals surface area contributed by atoms with Crippen LogP contribution in [-0.2, 0) is 26.3 Å². The lowest BCUT2D eigenvalue weighted by Crippen LogP contribution is -2.49. The lowest BCUT2D eigenvalue weighted by Gasteiger charge is -2.34. The van der Waals surface area contributed by atoms with Gasteiger partial charge in [0.2, 0.25) is 10.0 Å². The van der Waals surface area contributed by atoms with Gasteiger partial charge in [-0.15, -0.1) is 0 Å². The molecule has 1 saturated heterocycles. The van der Waals surface area contributed by atoms with Crippen LogP contribution in [0.25, 0.3) is 11.1 Å². The summed E-state index contributed by atoms with van der Waals surface area (Å²) in [6.07, 6.45) is 3.88. The zero-order valence-electron chi connectivity index (χ0n) is 24.7. The number of fused-ring (bicyclic) bond motifs is 3. The Hall–Kier alpha value is -3.05. The van der Waals surface area contributed by atoms with E-state index in [1.807, 2.05) is 18.2 Å². The number of hydrogen-bond donors (Lipinski definition) is 1. The van der Waals surface area contributed by atoms with Crippen LogP contribution in [0.2, 0.25) is 0 Å². The molecule has 3 aromatic rings. The number of oxime groups is 1. The number of benzene rings is 3. The lowest BCUT2D eigenvalue weighted by molar-refractivity contribution is 0.190. The third-order valence-corrected chi connectivity index (χ3v) is 13.6. The molecule has 0 spiro atoms. The Morgan fingerprint density at radius 1 is 0.791 bits per heavy atom. The fraction of sp³-hybridized carbons (Fsp3) is 0.424. The van der Waals surface area contributed by atoms with Crippen LogP contribution in [0, 0.1) is 5.41 Å². The summed E-state index contributed by atoms with van der Waals surface area (Å²) >= 11 is 0. The summed E-state index contributed by atoms with van der Waals surface area (Å²) < 4.78 is 56.0. The van der Waals surface area contributed by atoms with Crippen molar-refractivity contribution < 1.29 is 22.0 Å². The summed E-state index contributed by atoms with van der Waals surface area (Å²) in [6, 6.07) is 20.1. The van der Waals surface area contributed by atoms with Crippen LogP contribution in [0.1, 0.15) is 56.2 Å². The maximum absolute atomic E-state index is 13.7. The van der Waals surface area contributed by atoms with Crippen molar-refractivity contribution in [2.24, 2.45) is 10.6 Å². The van der Waals surface area contributed by atoms with Crippen molar-refractivity contribution in [3.05, 3.63) is 83.4 Å². The van der Waals surface area contributed by atoms with Crippen molar-refractivity contribution in [3.8, 4) is 11.1 Å². The minimum absolute atomic E-state index is 0.135. The Morgan fingerprint density at radius 3 is 1.98 bits per heavy atom. The molecule has 0 amide bonds. The van der Waals surface area contributed by atoms with Gasteiger partial charge in [0, 0.05) is 43.9 Å². The van der Waals surface area contributed by atoms with E-state index in [-0.39, 0.29) is 20.9 Å². The highest BCUT2D eigenvalue weighted by molar-refractivity contribution is 7.92. The second-order valence-corrected chi connectivity index (χ2v) is 16.9. The highest BCUT2D eigenvalue weighted by Gasteiger charge is 2.37. The number of hydrogen-bond acceptors (Lipinski definition) is 7. The van der Waals surface area contributed by atoms with E-state index in [2.05, 4.69) is 36.0 Å². The van der Waals surface area contributed by atoms with Gasteiger partial charge in [0.1, 0.15) is 5.71 Å². The first-order valence-electron chi connectivity index (χ1n) is 15.0. The summed E-state index contributed by atoms with van der Waals surface area (Å²) in [6.45, 7) is 7.33. The van der Waals surface area contributed by atoms with E-state index in [0.717, 1.165) is 36.9 Å². The van der Waals surface area contributed by atoms with Crippen molar-refractivity contribution in [2.75, 3.05) is 32.7 Å². The van der Waals surface area contributed by atoms with Crippen molar-refractivity contribution in [2.45, 2.75) is 61.0 Å². The SMILES string of the molecule is CC1(C)CCC(S(=O)(=O)c2ccc3c(c2)/C(=N\O)c2cc(S(=O)(=O)N4CCN(CCc5ccccc5)CC4)ccc2-3)CC1. The van der Waals surface area contributed by atoms with Gasteiger partial charge in [0.25, 0.3) is 0 Å². The zero-order valence-corrected chi connectivity index (χ0v) is 26.4. The Bertz CT molecular complexity index is 1750. The molecule has 2 fully saturated rings. The van der Waals surface area contributed by atoms with Gasteiger partial charge in [-0.3, -0.25) is 0 Å². The van der Waals surface area contributed by atoms with E-state index >= 15 is 0 Å². The minimum atomic E-state index is -3.77. The van der Waals surface area contributed by atoms with Crippen LogP contribution in [-0.4, -0.2) is 74.9 Å². The molecule has 10 heteroatoms. The molecule has 1 saturated carbocycles. The standard InChI is InChI=1S/C33H39N3O5S2/c1-33(2)15-12-25(13-16-33)42(38,39)26-8-10-28-29-11-9-27(23-31(29)32(34-37)30(28)22-26)43(40,41)36-20-18-35(19-21-36)17-14-24-6-4-3-5-7-24/h3-11,22-23,25,37H,12-21H2,1-2H3/b34-32+. The van der Waals surface area contributed by atoms with Crippen molar-refractivity contribution in [1.82, 2.24) is 9.21 Å². The molecule has 1 heterocycles. The summed E-state index contributed by atoms with van der Waals surface area (Å²) in [4.78, 5) is 2.63. The fourth-order valence-corrected chi connectivity index (χ4v) is 9.88. The smallest absolute Gasteiger partial charge is 0.243 e. The highest BCUT2D eigenvalue weighted by Crippen LogP contribution is 2.42. The molecular weight excluding hydrogens is 583 g/mol. The molecule has 1 aliphatic heterocycles. The molecule has 1 N–H and O–H groups in total. The zero-order chi connectivity index (χ0) is 30.4. The van der Waals surface area contributed by atoms with Crippen molar-refractivity contribution >= 4 is 25.6 Å². The van der Waals surface area contributed by atoms with E-state index in [4.69, 9.17) is 0 Å². The Morgan fingerprint density at radius 2 is 1.37 bits per heavy atom. The number of sulfonamides is 1. The minimum Gasteiger partial charge on any atom is -0.410 e. The van der Waals surface area contributed by atoms with E-state index < -0.39 is 25.1 Å². The molecule has 6 rings (SSSR count). The second-order valence-electron chi connectivity index (χ2n) is 12.8. The maximum Gasteiger partial charge on any atom is 0.243 e. The molecule has 0 bridgehead atoms. The molecule has 3 aliphatic rings. The molecule has 2 aliphatic carbocycles. The number of nitrogens with zero attached hydrogens (tertiary/aromatic N) is 3. The van der Waals surface area contributed by atoms with Gasteiger partial charge in [0.05, 0.1) is 15.0 Å². The van der Waals surface area contributed by atoms with E-state index in [1.54, 1.807) is 36.4 Å². The predicted octanol–water partition coefficient (Wildman–Crippen LogP) is 5.19. The number of rotatable bonds is 7. The van der Waals surface area contributed by atoms with Crippen molar-refractivity contribution in [1.29, 1.82) is 0 Å². The highest BCUT2D eigenvalue weighted by atomic mass is 32.2. The average molecular weight is 622 g/mol. The maximum atomic E-state index is 13.7. The second kappa shape index (κ2) is 11.5. The summed E-state index contributed by atoms with van der Waals surface area (Å²) in [5.41, 5.74) is 4.02. The van der Waals surface area contributed by atoms with Gasteiger partial charge in [-0.05, 0) is 78.5 Å². The van der Waals surface area contributed by atoms with Crippen LogP contribution in [0.5, 0.6) is 0 Å². The third-order valence-electron chi connectivity index (χ3n) is 9.46. The average Bonchev–Trinajstić information content (AvgIpc) is 3.33. The lowest BCUT2D eigenvalue weighted by atomic mass is 9.77. The Kier molecular flexibility index (Phi) is 8.00. The number of piperazine rings is 1. The van der Waals surface area contributed by atoms with Crippen LogP contribution in [0.4, 0.5) is 0 Å². The van der Waals surface area contributed by atoms with Gasteiger partial charge in [-0.1, -0.05) is 61.5 Å². The predicted molar refractivity (Wildman–Crippen MR) is 168 cm³/mol. The molecule has 0 radical (unpaired) electrons. The number of sulfone groups is 1. The van der Waals surface area contributed by atoms with Crippen LogP contribution >= 0.6 is 0 Å². The largest absolute Gasteiger partial charge is 0.410 e. The molecule has 0 unspecified atom stereocenters. The van der Waals surface area contributed by atoms with Crippen LogP contribution in [0.15, 0.2) is 81.7 Å². The molecular formula is C33H39N3O5S2. The topological polar surface area (TPSA) is 107 Å². The van der Waals surface area contributed by atoms with Gasteiger partial charge < -0.3 is 10.1 Å². The normalized spacial score (nSPS) is 20.7. The molecule has 8 nitrogen and oxygen atoms in total. The van der Waals surface area contributed by atoms with Gasteiger partial charge in [-0.2, -0.15) is 4.31 Å². The van der Waals surface area contributed by atoms with E-state index in [0.29, 0.717) is 50.1 Å². The van der Waals surface area contributed by atoms with Gasteiger partial charge >= 0.3 is 0 Å². The Balaban J connectivity index is 1.19. The summed E-state index contributed by atoms with van der Waals surface area (Å²) in [5.74, 6) is 0. The molecule has 0 atom stereocenters. The van der Waals surface area contributed by atoms with Crippen LogP contribution in [0.3, 0.4) is 0 Å². The van der Waals surface area contributed by atoms with Crippen LogP contribution < -0.4 is 0 Å². The first kappa shape index (κ1) is 30.0. The fourth-order valence-electron chi connectivity index (χ4n) is 6.65. The molecule has 228 valence electrons. The van der Waals surface area contributed by atoms with Crippen molar-refractivity contribution in [3.63, 3.8) is 0 Å². The first-order chi connectivity index (χ1) is 20.5. The molecule has 43 heavy (non-hydrogen) atoms. The summed E-state index contributed by atoms with van der Waals surface area (Å²) in [5, 5.41) is 13.1.